The van der Waals surface area contributed by atoms with Crippen LogP contribution in [0.1, 0.15) is 35.0 Å². The number of aromatic nitrogens is 2. The summed E-state index contributed by atoms with van der Waals surface area (Å²) in [4.78, 5) is 31.1. The minimum absolute atomic E-state index is 0.0565. The van der Waals surface area contributed by atoms with Crippen LogP contribution in [-0.2, 0) is 11.0 Å². The molecule has 2 heterocycles. The number of halogens is 4. The molecule has 0 atom stereocenters. The van der Waals surface area contributed by atoms with Gasteiger partial charge in [0.2, 0.25) is 11.8 Å². The lowest BCUT2D eigenvalue weighted by atomic mass is 10.2. The molecule has 0 fully saturated rings. The summed E-state index contributed by atoms with van der Waals surface area (Å²) in [5.74, 6) is -2.38. The molecule has 2 aromatic rings. The van der Waals surface area contributed by atoms with Gasteiger partial charge in [-0.25, -0.2) is 14.4 Å². The third-order valence-electron chi connectivity index (χ3n) is 3.57. The van der Waals surface area contributed by atoms with Gasteiger partial charge in [0.05, 0.1) is 12.1 Å². The maximum Gasteiger partial charge on any atom is 0.417 e. The second kappa shape index (κ2) is 9.30. The zero-order valence-electron chi connectivity index (χ0n) is 15.6. The zero-order chi connectivity index (χ0) is 21.6. The van der Waals surface area contributed by atoms with Crippen molar-refractivity contribution in [1.82, 2.24) is 15.3 Å². The molecular weight excluding hydrogens is 396 g/mol. The van der Waals surface area contributed by atoms with Crippen LogP contribution in [0.15, 0.2) is 24.4 Å². The second-order valence-corrected chi connectivity index (χ2v) is 5.90. The molecule has 156 valence electrons. The Bertz CT molecular complexity index is 903. The van der Waals surface area contributed by atoms with Gasteiger partial charge >= 0.3 is 6.18 Å². The van der Waals surface area contributed by atoms with Crippen molar-refractivity contribution in [3.05, 3.63) is 47.0 Å². The first-order valence-electron chi connectivity index (χ1n) is 8.52. The number of anilines is 1. The fraction of sp³-hybridized carbons (Fsp3) is 0.333. The van der Waals surface area contributed by atoms with Crippen LogP contribution in [0, 0.1) is 12.7 Å². The lowest BCUT2D eigenvalue weighted by Crippen LogP contribution is -2.28. The molecule has 0 bridgehead atoms. The number of hydrogen-bond acceptors (Lipinski definition) is 5. The summed E-state index contributed by atoms with van der Waals surface area (Å²) in [5, 5.41) is 5.06. The van der Waals surface area contributed by atoms with Crippen LogP contribution in [0.2, 0.25) is 0 Å². The minimum atomic E-state index is -4.71. The summed E-state index contributed by atoms with van der Waals surface area (Å²) in [7, 11) is 0. The fourth-order valence-corrected chi connectivity index (χ4v) is 2.20. The predicted octanol–water partition coefficient (Wildman–Crippen LogP) is 3.10. The number of alkyl halides is 3. The van der Waals surface area contributed by atoms with E-state index in [1.807, 2.05) is 0 Å². The number of aryl methyl sites for hydroxylation is 1. The van der Waals surface area contributed by atoms with Crippen LogP contribution in [0.4, 0.5) is 23.4 Å². The monoisotopic (exact) mass is 414 g/mol. The first kappa shape index (κ1) is 22.1. The van der Waals surface area contributed by atoms with Crippen molar-refractivity contribution in [2.24, 2.45) is 0 Å². The summed E-state index contributed by atoms with van der Waals surface area (Å²) >= 11 is 0. The highest BCUT2D eigenvalue weighted by Crippen LogP contribution is 2.30. The van der Waals surface area contributed by atoms with E-state index in [2.05, 4.69) is 20.6 Å². The Morgan fingerprint density at radius 2 is 1.93 bits per heavy atom. The van der Waals surface area contributed by atoms with Crippen LogP contribution in [0.5, 0.6) is 5.88 Å². The number of nitrogens with zero attached hydrogens (tertiary/aromatic N) is 2. The Morgan fingerprint density at radius 1 is 1.21 bits per heavy atom. The Kier molecular flexibility index (Phi) is 7.08. The van der Waals surface area contributed by atoms with Crippen molar-refractivity contribution in [3.63, 3.8) is 0 Å². The molecule has 0 unspecified atom stereocenters. The lowest BCUT2D eigenvalue weighted by Gasteiger charge is -2.11. The molecule has 0 aliphatic carbocycles. The molecule has 0 aliphatic rings. The molecule has 2 amide bonds. The number of ether oxygens (including phenoxy) is 1. The Morgan fingerprint density at radius 3 is 2.55 bits per heavy atom. The third kappa shape index (κ3) is 6.40. The van der Waals surface area contributed by atoms with Gasteiger partial charge in [0.1, 0.15) is 12.4 Å². The van der Waals surface area contributed by atoms with Gasteiger partial charge < -0.3 is 15.4 Å². The molecule has 0 radical (unpaired) electrons. The maximum absolute atomic E-state index is 13.6. The summed E-state index contributed by atoms with van der Waals surface area (Å²) in [5.41, 5.74) is -0.478. The quantitative estimate of drug-likeness (QED) is 0.537. The Hall–Kier alpha value is -3.24. The van der Waals surface area contributed by atoms with E-state index >= 15 is 0 Å². The number of nitrogens with one attached hydrogen (secondary N) is 2. The Balaban J connectivity index is 1.91. The van der Waals surface area contributed by atoms with Gasteiger partial charge in [0.25, 0.3) is 5.91 Å². The first-order chi connectivity index (χ1) is 13.6. The summed E-state index contributed by atoms with van der Waals surface area (Å²) < 4.78 is 56.0. The molecule has 0 aliphatic heterocycles. The van der Waals surface area contributed by atoms with E-state index in [9.17, 15) is 27.2 Å². The van der Waals surface area contributed by atoms with E-state index in [0.717, 1.165) is 0 Å². The number of carbonyl (C=O) groups excluding carboxylic acids is 2. The van der Waals surface area contributed by atoms with Crippen LogP contribution in [0.25, 0.3) is 0 Å². The summed E-state index contributed by atoms with van der Waals surface area (Å²) in [6.45, 7) is 3.05. The van der Waals surface area contributed by atoms with Crippen LogP contribution >= 0.6 is 0 Å². The topological polar surface area (TPSA) is 93.2 Å². The normalized spacial score (nSPS) is 11.1. The van der Waals surface area contributed by atoms with Gasteiger partial charge in [0.15, 0.2) is 5.82 Å². The zero-order valence-corrected chi connectivity index (χ0v) is 15.6. The number of pyridine rings is 2. The smallest absolute Gasteiger partial charge is 0.417 e. The number of carbonyl (C=O) groups is 2. The van der Waals surface area contributed by atoms with E-state index in [1.165, 1.54) is 12.1 Å². The fourth-order valence-electron chi connectivity index (χ4n) is 2.20. The lowest BCUT2D eigenvalue weighted by molar-refractivity contribution is -0.138. The van der Waals surface area contributed by atoms with Crippen LogP contribution < -0.4 is 15.4 Å². The molecule has 11 heteroatoms. The van der Waals surface area contributed by atoms with Crippen molar-refractivity contribution in [3.8, 4) is 5.88 Å². The molecule has 29 heavy (non-hydrogen) atoms. The van der Waals surface area contributed by atoms with Gasteiger partial charge in [-0.2, -0.15) is 13.2 Å². The molecule has 0 saturated heterocycles. The van der Waals surface area contributed by atoms with E-state index in [-0.39, 0.29) is 42.9 Å². The molecular formula is C18H18F4N4O3. The minimum Gasteiger partial charge on any atom is -0.474 e. The summed E-state index contributed by atoms with van der Waals surface area (Å²) in [6, 6.07) is 3.19. The van der Waals surface area contributed by atoms with Gasteiger partial charge in [0, 0.05) is 23.9 Å². The van der Waals surface area contributed by atoms with Gasteiger partial charge in [-0.15, -0.1) is 0 Å². The number of rotatable bonds is 7. The predicted molar refractivity (Wildman–Crippen MR) is 94.9 cm³/mol. The van der Waals surface area contributed by atoms with Crippen molar-refractivity contribution < 1.29 is 31.9 Å². The van der Waals surface area contributed by atoms with Crippen molar-refractivity contribution in [2.75, 3.05) is 18.5 Å². The molecule has 2 aromatic heterocycles. The molecule has 2 rings (SSSR count). The van der Waals surface area contributed by atoms with E-state index in [4.69, 9.17) is 4.74 Å². The molecule has 0 aromatic carbocycles. The van der Waals surface area contributed by atoms with Gasteiger partial charge in [-0.1, -0.05) is 6.92 Å². The van der Waals surface area contributed by atoms with Crippen molar-refractivity contribution in [2.45, 2.75) is 26.4 Å². The molecule has 7 nitrogen and oxygen atoms in total. The average molecular weight is 414 g/mol. The highest BCUT2D eigenvalue weighted by Gasteiger charge is 2.32. The highest BCUT2D eigenvalue weighted by molar-refractivity contribution is 5.96. The van der Waals surface area contributed by atoms with E-state index in [1.54, 1.807) is 13.8 Å². The van der Waals surface area contributed by atoms with E-state index in [0.29, 0.717) is 11.9 Å². The average Bonchev–Trinajstić information content (AvgIpc) is 2.64. The van der Waals surface area contributed by atoms with Crippen LogP contribution in [-0.4, -0.2) is 34.9 Å². The van der Waals surface area contributed by atoms with E-state index < -0.39 is 29.3 Å². The van der Waals surface area contributed by atoms with Crippen LogP contribution in [0.3, 0.4) is 0 Å². The standard InChI is InChI=1S/C18H18F4N4O3/c1-3-15(27)26-14-7-11(6-10(2)25-14)16(28)23-4-5-29-17-13(19)8-12(9-24-17)18(20,21)22/h6-9H,3-5H2,1-2H3,(H,23,28)(H,25,26,27). The Labute approximate surface area is 163 Å². The molecule has 0 spiro atoms. The highest BCUT2D eigenvalue weighted by atomic mass is 19.4. The third-order valence-corrected chi connectivity index (χ3v) is 3.57. The summed E-state index contributed by atoms with van der Waals surface area (Å²) in [6.07, 6.45) is -4.00. The van der Waals surface area contributed by atoms with Gasteiger partial charge in [-0.05, 0) is 25.1 Å². The second-order valence-electron chi connectivity index (χ2n) is 5.90. The van der Waals surface area contributed by atoms with Crippen molar-refractivity contribution in [1.29, 1.82) is 0 Å². The maximum atomic E-state index is 13.6. The first-order valence-corrected chi connectivity index (χ1v) is 8.52. The largest absolute Gasteiger partial charge is 0.474 e. The molecule has 2 N–H and O–H groups in total. The SMILES string of the molecule is CCC(=O)Nc1cc(C(=O)NCCOc2ncc(C(F)(F)F)cc2F)cc(C)n1. The number of hydrogen-bond donors (Lipinski definition) is 2. The van der Waals surface area contributed by atoms with Gasteiger partial charge in [-0.3, -0.25) is 9.59 Å². The molecule has 0 saturated carbocycles. The van der Waals surface area contributed by atoms with Crippen molar-refractivity contribution >= 4 is 17.6 Å². The number of amides is 2.